The number of hydrogen-bond donors (Lipinski definition) is 2. The highest BCUT2D eigenvalue weighted by atomic mass is 16.5. The predicted molar refractivity (Wildman–Crippen MR) is 135 cm³/mol. The van der Waals surface area contributed by atoms with E-state index in [1.807, 2.05) is 60.7 Å². The van der Waals surface area contributed by atoms with Crippen molar-refractivity contribution in [3.8, 4) is 22.8 Å². The van der Waals surface area contributed by atoms with Crippen molar-refractivity contribution < 1.29 is 14.3 Å². The zero-order chi connectivity index (χ0) is 24.4. The molecule has 2 aromatic carbocycles. The van der Waals surface area contributed by atoms with Gasteiger partial charge in [0.05, 0.1) is 22.5 Å². The minimum absolute atomic E-state index is 0.0345. The SMILES string of the molecule is C=CC(=O)N1CCC[C@H](c2nc(-c3ccc(Oc4ccccc4)cc3)c(C(N)=O)c3[nH]ccc23)C1. The van der Waals surface area contributed by atoms with Gasteiger partial charge in [-0.2, -0.15) is 0 Å². The van der Waals surface area contributed by atoms with Crippen LogP contribution in [-0.4, -0.2) is 39.8 Å². The lowest BCUT2D eigenvalue weighted by Crippen LogP contribution is -2.38. The molecule has 3 N–H and O–H groups in total. The molecule has 1 aliphatic rings. The van der Waals surface area contributed by atoms with Gasteiger partial charge in [0, 0.05) is 36.2 Å². The number of para-hydroxylation sites is 1. The van der Waals surface area contributed by atoms with Crippen LogP contribution in [0.5, 0.6) is 11.5 Å². The highest BCUT2D eigenvalue weighted by Crippen LogP contribution is 2.36. The van der Waals surface area contributed by atoms with Gasteiger partial charge in [-0.15, -0.1) is 0 Å². The average Bonchev–Trinajstić information content (AvgIpc) is 3.38. The summed E-state index contributed by atoms with van der Waals surface area (Å²) < 4.78 is 5.90. The van der Waals surface area contributed by atoms with Crippen LogP contribution in [0.2, 0.25) is 0 Å². The number of amides is 2. The summed E-state index contributed by atoms with van der Waals surface area (Å²) in [5.74, 6) is 0.813. The molecule has 7 heteroatoms. The molecule has 0 bridgehead atoms. The summed E-state index contributed by atoms with van der Waals surface area (Å²) >= 11 is 0. The summed E-state index contributed by atoms with van der Waals surface area (Å²) in [7, 11) is 0. The van der Waals surface area contributed by atoms with E-state index in [1.54, 1.807) is 11.1 Å². The summed E-state index contributed by atoms with van der Waals surface area (Å²) in [5, 5.41) is 0.851. The Hall–Kier alpha value is -4.39. The Labute approximate surface area is 203 Å². The van der Waals surface area contributed by atoms with Crippen molar-refractivity contribution in [2.24, 2.45) is 5.73 Å². The lowest BCUT2D eigenvalue weighted by atomic mass is 9.90. The summed E-state index contributed by atoms with van der Waals surface area (Å²) in [5.41, 5.74) is 8.96. The van der Waals surface area contributed by atoms with E-state index in [0.29, 0.717) is 35.6 Å². The maximum atomic E-state index is 12.6. The van der Waals surface area contributed by atoms with E-state index in [1.165, 1.54) is 6.08 Å². The standard InChI is InChI=1S/C28H26N4O3/c1-2-23(33)32-16-6-7-19(17-32)25-22-14-15-30-27(22)24(28(29)34)26(31-25)18-10-12-21(13-11-18)35-20-8-4-3-5-9-20/h2-5,8-15,19,30H,1,6-7,16-17H2,(H2,29,34)/t19-/m0/s1. The number of aromatic nitrogens is 2. The van der Waals surface area contributed by atoms with Gasteiger partial charge in [0.1, 0.15) is 11.5 Å². The van der Waals surface area contributed by atoms with Gasteiger partial charge < -0.3 is 20.4 Å². The minimum Gasteiger partial charge on any atom is -0.457 e. The number of fused-ring (bicyclic) bond motifs is 1. The van der Waals surface area contributed by atoms with Crippen LogP contribution < -0.4 is 10.5 Å². The van der Waals surface area contributed by atoms with Crippen molar-refractivity contribution >= 4 is 22.7 Å². The molecule has 7 nitrogen and oxygen atoms in total. The zero-order valence-electron chi connectivity index (χ0n) is 19.2. The summed E-state index contributed by atoms with van der Waals surface area (Å²) in [6.07, 6.45) is 4.91. The smallest absolute Gasteiger partial charge is 0.253 e. The Balaban J connectivity index is 1.56. The molecule has 0 unspecified atom stereocenters. The maximum Gasteiger partial charge on any atom is 0.253 e. The third-order valence-electron chi connectivity index (χ3n) is 6.39. The molecule has 1 saturated heterocycles. The van der Waals surface area contributed by atoms with Crippen LogP contribution in [0.1, 0.15) is 34.8 Å². The summed E-state index contributed by atoms with van der Waals surface area (Å²) in [4.78, 5) is 34.8. The van der Waals surface area contributed by atoms with Crippen LogP contribution in [0.15, 0.2) is 79.5 Å². The van der Waals surface area contributed by atoms with Crippen molar-refractivity contribution in [2.75, 3.05) is 13.1 Å². The van der Waals surface area contributed by atoms with Gasteiger partial charge in [-0.3, -0.25) is 14.6 Å². The van der Waals surface area contributed by atoms with Gasteiger partial charge in [0.25, 0.3) is 5.91 Å². The summed E-state index contributed by atoms with van der Waals surface area (Å²) in [6, 6.07) is 18.9. The van der Waals surface area contributed by atoms with Crippen molar-refractivity contribution in [1.29, 1.82) is 0 Å². The lowest BCUT2D eigenvalue weighted by Gasteiger charge is -2.32. The number of nitrogens with one attached hydrogen (secondary N) is 1. The molecular formula is C28H26N4O3. The third-order valence-corrected chi connectivity index (χ3v) is 6.39. The highest BCUT2D eigenvalue weighted by Gasteiger charge is 2.29. The maximum absolute atomic E-state index is 12.6. The number of aromatic amines is 1. The number of hydrogen-bond acceptors (Lipinski definition) is 4. The number of carbonyl (C=O) groups is 2. The van der Waals surface area contributed by atoms with Gasteiger partial charge in [0.15, 0.2) is 0 Å². The van der Waals surface area contributed by atoms with E-state index in [-0.39, 0.29) is 11.8 Å². The molecule has 0 spiro atoms. The molecular weight excluding hydrogens is 440 g/mol. The fourth-order valence-corrected chi connectivity index (χ4v) is 4.74. The van der Waals surface area contributed by atoms with Gasteiger partial charge in [-0.25, -0.2) is 0 Å². The molecule has 2 aromatic heterocycles. The van der Waals surface area contributed by atoms with Gasteiger partial charge in [-0.1, -0.05) is 24.8 Å². The first-order chi connectivity index (χ1) is 17.0. The molecule has 35 heavy (non-hydrogen) atoms. The van der Waals surface area contributed by atoms with E-state index in [0.717, 1.165) is 35.2 Å². The number of piperidine rings is 1. The average molecular weight is 467 g/mol. The number of rotatable bonds is 6. The topological polar surface area (TPSA) is 101 Å². The molecule has 5 rings (SSSR count). The number of nitrogens with zero attached hydrogens (tertiary/aromatic N) is 2. The number of primary amides is 1. The number of nitrogens with two attached hydrogens (primary N) is 1. The van der Waals surface area contributed by atoms with E-state index in [4.69, 9.17) is 15.5 Å². The van der Waals surface area contributed by atoms with E-state index >= 15 is 0 Å². The second-order valence-corrected chi connectivity index (χ2v) is 8.62. The van der Waals surface area contributed by atoms with Gasteiger partial charge in [-0.05, 0) is 61.4 Å². The van der Waals surface area contributed by atoms with Crippen molar-refractivity contribution in [3.05, 3.63) is 90.8 Å². The van der Waals surface area contributed by atoms with Crippen molar-refractivity contribution in [2.45, 2.75) is 18.8 Å². The second kappa shape index (κ2) is 9.46. The monoisotopic (exact) mass is 466 g/mol. The Kier molecular flexibility index (Phi) is 6.06. The van der Waals surface area contributed by atoms with Crippen LogP contribution in [0.4, 0.5) is 0 Å². The second-order valence-electron chi connectivity index (χ2n) is 8.62. The van der Waals surface area contributed by atoms with Gasteiger partial charge in [0.2, 0.25) is 5.91 Å². The van der Waals surface area contributed by atoms with E-state index < -0.39 is 5.91 Å². The third kappa shape index (κ3) is 4.40. The number of H-pyrrole nitrogens is 1. The number of pyridine rings is 1. The quantitative estimate of drug-likeness (QED) is 0.390. The normalized spacial score (nSPS) is 15.7. The molecule has 3 heterocycles. The number of carbonyl (C=O) groups excluding carboxylic acids is 2. The molecule has 1 aliphatic heterocycles. The zero-order valence-corrected chi connectivity index (χ0v) is 19.2. The van der Waals surface area contributed by atoms with Crippen LogP contribution in [-0.2, 0) is 4.79 Å². The predicted octanol–water partition coefficient (Wildman–Crippen LogP) is 5.01. The first-order valence-corrected chi connectivity index (χ1v) is 11.6. The fourth-order valence-electron chi connectivity index (χ4n) is 4.74. The molecule has 0 radical (unpaired) electrons. The molecule has 2 amide bonds. The van der Waals surface area contributed by atoms with Crippen molar-refractivity contribution in [1.82, 2.24) is 14.9 Å². The van der Waals surface area contributed by atoms with Gasteiger partial charge >= 0.3 is 0 Å². The molecule has 4 aromatic rings. The van der Waals surface area contributed by atoms with E-state index in [2.05, 4.69) is 11.6 Å². The number of likely N-dealkylation sites (tertiary alicyclic amines) is 1. The van der Waals surface area contributed by atoms with Crippen LogP contribution in [0.3, 0.4) is 0 Å². The highest BCUT2D eigenvalue weighted by molar-refractivity contribution is 6.10. The number of ether oxygens (including phenoxy) is 1. The largest absolute Gasteiger partial charge is 0.457 e. The lowest BCUT2D eigenvalue weighted by molar-refractivity contribution is -0.127. The molecule has 1 atom stereocenters. The molecule has 176 valence electrons. The Morgan fingerprint density at radius 3 is 2.54 bits per heavy atom. The molecule has 0 saturated carbocycles. The first kappa shape index (κ1) is 22.4. The number of benzene rings is 2. The minimum atomic E-state index is -0.553. The first-order valence-electron chi connectivity index (χ1n) is 11.6. The van der Waals surface area contributed by atoms with E-state index in [9.17, 15) is 9.59 Å². The molecule has 0 aliphatic carbocycles. The Morgan fingerprint density at radius 2 is 1.83 bits per heavy atom. The Bertz CT molecular complexity index is 1390. The van der Waals surface area contributed by atoms with Crippen molar-refractivity contribution in [3.63, 3.8) is 0 Å². The Morgan fingerprint density at radius 1 is 1.09 bits per heavy atom. The van der Waals surface area contributed by atoms with Crippen LogP contribution >= 0.6 is 0 Å². The van der Waals surface area contributed by atoms with Crippen LogP contribution in [0.25, 0.3) is 22.2 Å². The van der Waals surface area contributed by atoms with Crippen LogP contribution in [0, 0.1) is 0 Å². The fraction of sp³-hybridized carbons (Fsp3) is 0.179. The molecule has 1 fully saturated rings. The summed E-state index contributed by atoms with van der Waals surface area (Å²) in [6.45, 7) is 4.87.